The molecule has 31 heavy (non-hydrogen) atoms. The van der Waals surface area contributed by atoms with Gasteiger partial charge < -0.3 is 14.6 Å². The number of H-pyrrole nitrogens is 1. The van der Waals surface area contributed by atoms with Crippen LogP contribution in [-0.2, 0) is 24.2 Å². The van der Waals surface area contributed by atoms with Gasteiger partial charge in [0, 0.05) is 26.2 Å². The van der Waals surface area contributed by atoms with Gasteiger partial charge in [-0.25, -0.2) is 4.98 Å². The third kappa shape index (κ3) is 4.32. The van der Waals surface area contributed by atoms with Crippen LogP contribution >= 0.6 is 0 Å². The lowest BCUT2D eigenvalue weighted by Crippen LogP contribution is -2.49. The van der Waals surface area contributed by atoms with Crippen LogP contribution in [0.5, 0.6) is 5.75 Å². The Bertz CT molecular complexity index is 1160. The van der Waals surface area contributed by atoms with Crippen molar-refractivity contribution in [3.63, 3.8) is 0 Å². The molecule has 0 saturated carbocycles. The van der Waals surface area contributed by atoms with Gasteiger partial charge >= 0.3 is 0 Å². The van der Waals surface area contributed by atoms with E-state index in [0.717, 1.165) is 31.7 Å². The molecule has 0 bridgehead atoms. The lowest BCUT2D eigenvalue weighted by atomic mass is 10.1. The Balaban J connectivity index is 1.13. The summed E-state index contributed by atoms with van der Waals surface area (Å²) in [6.45, 7) is 3.39. The molecule has 5 rings (SSSR count). The summed E-state index contributed by atoms with van der Waals surface area (Å²) in [5.74, 6) is 1.44. The summed E-state index contributed by atoms with van der Waals surface area (Å²) in [6, 6.07) is 13.5. The van der Waals surface area contributed by atoms with E-state index < -0.39 is 0 Å². The van der Waals surface area contributed by atoms with Crippen LogP contribution in [0.2, 0.25) is 0 Å². The largest absolute Gasteiger partial charge is 0.484 e. The number of benzene rings is 2. The molecule has 1 N–H and O–H groups in total. The normalized spacial score (nSPS) is 16.5. The lowest BCUT2D eigenvalue weighted by Gasteiger charge is -2.34. The summed E-state index contributed by atoms with van der Waals surface area (Å²) >= 11 is 0. The number of fused-ring (bicyclic) bond motifs is 2. The Morgan fingerprint density at radius 2 is 1.84 bits per heavy atom. The molecule has 3 aromatic rings. The van der Waals surface area contributed by atoms with Crippen molar-refractivity contribution in [3.05, 3.63) is 69.8 Å². The number of nitrogens with zero attached hydrogens (tertiary/aromatic N) is 3. The van der Waals surface area contributed by atoms with Gasteiger partial charge in [0.05, 0.1) is 17.4 Å². The Kier molecular flexibility index (Phi) is 5.42. The molecule has 2 aromatic carbocycles. The minimum Gasteiger partial charge on any atom is -0.484 e. The minimum atomic E-state index is -0.113. The number of hydrogen-bond donors (Lipinski definition) is 1. The first kappa shape index (κ1) is 19.8. The maximum absolute atomic E-state index is 12.6. The molecule has 2 aliphatic rings. The molecular formula is C24H26N4O3. The zero-order valence-electron chi connectivity index (χ0n) is 17.5. The molecule has 1 aliphatic heterocycles. The van der Waals surface area contributed by atoms with E-state index in [1.807, 2.05) is 29.2 Å². The number of aromatic nitrogens is 2. The lowest BCUT2D eigenvalue weighted by molar-refractivity contribution is -0.135. The van der Waals surface area contributed by atoms with Crippen molar-refractivity contribution < 1.29 is 9.53 Å². The van der Waals surface area contributed by atoms with Crippen molar-refractivity contribution in [2.75, 3.05) is 32.8 Å². The molecule has 1 saturated heterocycles. The summed E-state index contributed by atoms with van der Waals surface area (Å²) < 4.78 is 5.77. The molecule has 7 nitrogen and oxygen atoms in total. The number of carbonyl (C=O) groups excluding carboxylic acids is 1. The van der Waals surface area contributed by atoms with E-state index in [-0.39, 0.29) is 18.1 Å². The van der Waals surface area contributed by atoms with Crippen LogP contribution < -0.4 is 10.3 Å². The zero-order chi connectivity index (χ0) is 21.2. The van der Waals surface area contributed by atoms with Crippen molar-refractivity contribution in [2.24, 2.45) is 0 Å². The number of ether oxygens (including phenoxy) is 1. The summed E-state index contributed by atoms with van der Waals surface area (Å²) in [7, 11) is 0. The Hall–Kier alpha value is -3.19. The molecular weight excluding hydrogens is 392 g/mol. The Morgan fingerprint density at radius 3 is 2.71 bits per heavy atom. The quantitative estimate of drug-likeness (QED) is 0.687. The Morgan fingerprint density at radius 1 is 1.03 bits per heavy atom. The van der Waals surface area contributed by atoms with Gasteiger partial charge in [0.15, 0.2) is 6.61 Å². The van der Waals surface area contributed by atoms with Gasteiger partial charge in [-0.05, 0) is 54.7 Å². The third-order valence-electron chi connectivity index (χ3n) is 6.19. The second-order valence-electron chi connectivity index (χ2n) is 8.26. The fraction of sp³-hybridized carbons (Fsp3) is 0.375. The average Bonchev–Trinajstić information content (AvgIpc) is 3.26. The van der Waals surface area contributed by atoms with Gasteiger partial charge in [-0.15, -0.1) is 0 Å². The van der Waals surface area contributed by atoms with Crippen LogP contribution in [0.25, 0.3) is 10.9 Å². The summed E-state index contributed by atoms with van der Waals surface area (Å²) in [5, 5.41) is 0.602. The fourth-order valence-corrected chi connectivity index (χ4v) is 4.45. The van der Waals surface area contributed by atoms with E-state index in [0.29, 0.717) is 36.4 Å². The molecule has 160 valence electrons. The first-order valence-corrected chi connectivity index (χ1v) is 10.9. The zero-order valence-corrected chi connectivity index (χ0v) is 17.5. The number of aromatic amines is 1. The van der Waals surface area contributed by atoms with Crippen molar-refractivity contribution in [2.45, 2.75) is 25.8 Å². The van der Waals surface area contributed by atoms with E-state index in [4.69, 9.17) is 4.74 Å². The maximum Gasteiger partial charge on any atom is 0.260 e. The van der Waals surface area contributed by atoms with Crippen LogP contribution in [0.1, 0.15) is 23.4 Å². The van der Waals surface area contributed by atoms with Crippen molar-refractivity contribution >= 4 is 16.8 Å². The molecule has 0 radical (unpaired) electrons. The van der Waals surface area contributed by atoms with Crippen LogP contribution in [0.4, 0.5) is 0 Å². The number of amides is 1. The summed E-state index contributed by atoms with van der Waals surface area (Å²) in [4.78, 5) is 36.3. The van der Waals surface area contributed by atoms with Gasteiger partial charge in [0.2, 0.25) is 0 Å². The van der Waals surface area contributed by atoms with Gasteiger partial charge in [-0.3, -0.25) is 14.5 Å². The van der Waals surface area contributed by atoms with Crippen molar-refractivity contribution in [1.29, 1.82) is 0 Å². The SMILES string of the molecule is O=C(COc1ccc2c(c1)CCC2)N1CCN(Cc2nc3ccccc3c(=O)[nH]2)CC1. The minimum absolute atomic E-state index is 0.0115. The number of piperazine rings is 1. The number of aryl methyl sites for hydroxylation is 2. The number of carbonyl (C=O) groups is 1. The third-order valence-corrected chi connectivity index (χ3v) is 6.19. The van der Waals surface area contributed by atoms with Gasteiger partial charge in [-0.2, -0.15) is 0 Å². The second-order valence-corrected chi connectivity index (χ2v) is 8.26. The van der Waals surface area contributed by atoms with E-state index in [1.165, 1.54) is 17.5 Å². The first-order valence-electron chi connectivity index (χ1n) is 10.9. The predicted octanol–water partition coefficient (Wildman–Crippen LogP) is 2.13. The standard InChI is InChI=1S/C24H26N4O3/c29-23(16-31-19-9-8-17-4-3-5-18(17)14-19)28-12-10-27(11-13-28)15-22-25-21-7-2-1-6-20(21)24(30)26-22/h1-2,6-9,14H,3-5,10-13,15-16H2,(H,25,26,30). The van der Waals surface area contributed by atoms with E-state index >= 15 is 0 Å². The fourth-order valence-electron chi connectivity index (χ4n) is 4.45. The van der Waals surface area contributed by atoms with E-state index in [9.17, 15) is 9.59 Å². The number of nitrogens with one attached hydrogen (secondary N) is 1. The molecule has 7 heteroatoms. The Labute approximate surface area is 180 Å². The van der Waals surface area contributed by atoms with Crippen LogP contribution in [0.15, 0.2) is 47.3 Å². The molecule has 2 heterocycles. The highest BCUT2D eigenvalue weighted by molar-refractivity contribution is 5.78. The summed E-state index contributed by atoms with van der Waals surface area (Å²) in [5.41, 5.74) is 3.34. The van der Waals surface area contributed by atoms with Crippen molar-refractivity contribution in [1.82, 2.24) is 19.8 Å². The molecule has 0 atom stereocenters. The molecule has 1 fully saturated rings. The molecule has 0 spiro atoms. The number of hydrogen-bond acceptors (Lipinski definition) is 5. The monoisotopic (exact) mass is 418 g/mol. The average molecular weight is 418 g/mol. The number of rotatable bonds is 5. The van der Waals surface area contributed by atoms with E-state index in [2.05, 4.69) is 27.0 Å². The highest BCUT2D eigenvalue weighted by Gasteiger charge is 2.22. The van der Waals surface area contributed by atoms with Crippen molar-refractivity contribution in [3.8, 4) is 5.75 Å². The predicted molar refractivity (Wildman–Crippen MR) is 118 cm³/mol. The topological polar surface area (TPSA) is 78.5 Å². The smallest absolute Gasteiger partial charge is 0.260 e. The van der Waals surface area contributed by atoms with Crippen LogP contribution in [-0.4, -0.2) is 58.5 Å². The van der Waals surface area contributed by atoms with Crippen LogP contribution in [0.3, 0.4) is 0 Å². The molecule has 1 aromatic heterocycles. The molecule has 1 aliphatic carbocycles. The first-order chi connectivity index (χ1) is 15.2. The van der Waals surface area contributed by atoms with Crippen LogP contribution in [0, 0.1) is 0 Å². The molecule has 0 unspecified atom stereocenters. The maximum atomic E-state index is 12.6. The summed E-state index contributed by atoms with van der Waals surface area (Å²) in [6.07, 6.45) is 3.44. The van der Waals surface area contributed by atoms with Gasteiger partial charge in [0.1, 0.15) is 11.6 Å². The van der Waals surface area contributed by atoms with Gasteiger partial charge in [-0.1, -0.05) is 18.2 Å². The molecule has 1 amide bonds. The van der Waals surface area contributed by atoms with Gasteiger partial charge in [0.25, 0.3) is 11.5 Å². The second kappa shape index (κ2) is 8.51. The highest BCUT2D eigenvalue weighted by Crippen LogP contribution is 2.26. The number of para-hydroxylation sites is 1. The highest BCUT2D eigenvalue weighted by atomic mass is 16.5. The van der Waals surface area contributed by atoms with E-state index in [1.54, 1.807) is 6.07 Å².